The summed E-state index contributed by atoms with van der Waals surface area (Å²) < 4.78 is 0. The number of benzene rings is 1. The van der Waals surface area contributed by atoms with E-state index in [4.69, 9.17) is 16.6 Å². The molecule has 1 aromatic carbocycles. The number of thioether (sulfide) groups is 1. The minimum atomic E-state index is 0.0698. The first kappa shape index (κ1) is 15.2. The Labute approximate surface area is 127 Å². The fourth-order valence-electron chi connectivity index (χ4n) is 1.65. The number of hydrogen-bond donors (Lipinski definition) is 3. The van der Waals surface area contributed by atoms with E-state index in [1.54, 1.807) is 0 Å². The maximum atomic E-state index is 8.77. The van der Waals surface area contributed by atoms with E-state index in [0.29, 0.717) is 29.0 Å². The van der Waals surface area contributed by atoms with Gasteiger partial charge in [0.1, 0.15) is 11.6 Å². The van der Waals surface area contributed by atoms with Crippen molar-refractivity contribution in [2.75, 3.05) is 18.1 Å². The van der Waals surface area contributed by atoms with Gasteiger partial charge < -0.3 is 16.6 Å². The quantitative estimate of drug-likeness (QED) is 0.451. The van der Waals surface area contributed by atoms with E-state index in [1.807, 2.05) is 24.3 Å². The van der Waals surface area contributed by atoms with Crippen molar-refractivity contribution in [1.29, 1.82) is 0 Å². The second-order valence-electron chi connectivity index (χ2n) is 4.22. The smallest absolute Gasteiger partial charge is 0.191 e. The number of nitrogens with zero attached hydrogens (tertiary/aromatic N) is 2. The van der Waals surface area contributed by atoms with Crippen molar-refractivity contribution in [1.82, 2.24) is 9.97 Å². The zero-order chi connectivity index (χ0) is 15.1. The van der Waals surface area contributed by atoms with Crippen molar-refractivity contribution in [3.05, 3.63) is 41.5 Å². The van der Waals surface area contributed by atoms with Crippen molar-refractivity contribution in [2.45, 2.75) is 17.3 Å². The lowest BCUT2D eigenvalue weighted by Gasteiger charge is -2.05. The van der Waals surface area contributed by atoms with Gasteiger partial charge in [-0.3, -0.25) is 0 Å². The molecule has 0 atom stereocenters. The maximum absolute atomic E-state index is 8.77. The van der Waals surface area contributed by atoms with Gasteiger partial charge in [-0.15, -0.1) is 0 Å². The zero-order valence-electron chi connectivity index (χ0n) is 11.4. The molecule has 108 valence electrons. The first-order valence-corrected chi connectivity index (χ1v) is 7.38. The predicted octanol–water partition coefficient (Wildman–Crippen LogP) is 1.67. The molecule has 0 aliphatic carbocycles. The number of nitrogens with two attached hydrogens (primary N) is 2. The molecule has 6 heteroatoms. The second kappa shape index (κ2) is 7.53. The van der Waals surface area contributed by atoms with Crippen LogP contribution in [0.25, 0.3) is 0 Å². The van der Waals surface area contributed by atoms with Gasteiger partial charge in [-0.25, -0.2) is 9.97 Å². The monoisotopic (exact) mass is 300 g/mol. The average molecular weight is 300 g/mol. The SMILES string of the molecule is Nc1cc(N)nc(SCc2ccccc2C#CCCO)n1. The Hall–Kier alpha value is -2.23. The van der Waals surface area contributed by atoms with Gasteiger partial charge in [-0.05, 0) is 11.6 Å². The summed E-state index contributed by atoms with van der Waals surface area (Å²) in [4.78, 5) is 8.27. The molecule has 5 nitrogen and oxygen atoms in total. The molecule has 0 spiro atoms. The van der Waals surface area contributed by atoms with Gasteiger partial charge in [-0.2, -0.15) is 0 Å². The van der Waals surface area contributed by atoms with Crippen molar-refractivity contribution in [2.24, 2.45) is 0 Å². The maximum Gasteiger partial charge on any atom is 0.191 e. The summed E-state index contributed by atoms with van der Waals surface area (Å²) >= 11 is 1.46. The van der Waals surface area contributed by atoms with E-state index >= 15 is 0 Å². The van der Waals surface area contributed by atoms with Crippen molar-refractivity contribution < 1.29 is 5.11 Å². The van der Waals surface area contributed by atoms with Crippen LogP contribution in [-0.4, -0.2) is 21.7 Å². The van der Waals surface area contributed by atoms with Crippen LogP contribution in [0.15, 0.2) is 35.5 Å². The van der Waals surface area contributed by atoms with Crippen LogP contribution in [0.2, 0.25) is 0 Å². The summed E-state index contributed by atoms with van der Waals surface area (Å²) in [5.41, 5.74) is 13.3. The Kier molecular flexibility index (Phi) is 5.43. The van der Waals surface area contributed by atoms with Gasteiger partial charge in [0.15, 0.2) is 5.16 Å². The second-order valence-corrected chi connectivity index (χ2v) is 5.16. The van der Waals surface area contributed by atoms with Gasteiger partial charge in [-0.1, -0.05) is 41.8 Å². The van der Waals surface area contributed by atoms with Crippen LogP contribution in [0.5, 0.6) is 0 Å². The van der Waals surface area contributed by atoms with E-state index in [0.717, 1.165) is 11.1 Å². The summed E-state index contributed by atoms with van der Waals surface area (Å²) in [6.07, 6.45) is 0.469. The molecule has 1 heterocycles. The molecular weight excluding hydrogens is 284 g/mol. The molecule has 0 saturated carbocycles. The lowest BCUT2D eigenvalue weighted by molar-refractivity contribution is 0.305. The molecule has 0 amide bonds. The van der Waals surface area contributed by atoms with Crippen LogP contribution in [0, 0.1) is 11.8 Å². The van der Waals surface area contributed by atoms with Crippen molar-refractivity contribution in [3.8, 4) is 11.8 Å². The molecular formula is C15H16N4OS. The summed E-state index contributed by atoms with van der Waals surface area (Å²) in [6, 6.07) is 9.38. The average Bonchev–Trinajstić information content (AvgIpc) is 2.45. The van der Waals surface area contributed by atoms with E-state index in [9.17, 15) is 0 Å². The Morgan fingerprint density at radius 1 is 1.14 bits per heavy atom. The van der Waals surface area contributed by atoms with Crippen molar-refractivity contribution in [3.63, 3.8) is 0 Å². The molecule has 0 aliphatic heterocycles. The van der Waals surface area contributed by atoms with Gasteiger partial charge in [0.25, 0.3) is 0 Å². The summed E-state index contributed by atoms with van der Waals surface area (Å²) in [5.74, 6) is 7.38. The molecule has 21 heavy (non-hydrogen) atoms. The third-order valence-electron chi connectivity index (χ3n) is 2.58. The highest BCUT2D eigenvalue weighted by atomic mass is 32.2. The van der Waals surface area contributed by atoms with Gasteiger partial charge in [0.05, 0.1) is 6.61 Å². The van der Waals surface area contributed by atoms with Gasteiger partial charge in [0.2, 0.25) is 0 Å². The third-order valence-corrected chi connectivity index (χ3v) is 3.48. The van der Waals surface area contributed by atoms with E-state index in [1.165, 1.54) is 17.8 Å². The molecule has 0 radical (unpaired) electrons. The van der Waals surface area contributed by atoms with E-state index < -0.39 is 0 Å². The molecule has 2 aromatic rings. The summed E-state index contributed by atoms with van der Waals surface area (Å²) in [5, 5.41) is 9.32. The first-order valence-electron chi connectivity index (χ1n) is 6.39. The van der Waals surface area contributed by atoms with Crippen LogP contribution >= 0.6 is 11.8 Å². The Balaban J connectivity index is 2.11. The molecule has 2 rings (SSSR count). The number of rotatable bonds is 4. The largest absolute Gasteiger partial charge is 0.395 e. The van der Waals surface area contributed by atoms with Crippen LogP contribution in [0.3, 0.4) is 0 Å². The number of hydrogen-bond acceptors (Lipinski definition) is 6. The Morgan fingerprint density at radius 2 is 1.86 bits per heavy atom. The van der Waals surface area contributed by atoms with Crippen molar-refractivity contribution >= 4 is 23.4 Å². The minimum absolute atomic E-state index is 0.0698. The number of aromatic nitrogens is 2. The predicted molar refractivity (Wildman–Crippen MR) is 85.4 cm³/mol. The first-order chi connectivity index (χ1) is 10.2. The molecule has 0 unspecified atom stereocenters. The van der Waals surface area contributed by atoms with Gasteiger partial charge >= 0.3 is 0 Å². The molecule has 0 bridgehead atoms. The fourth-order valence-corrected chi connectivity index (χ4v) is 2.53. The number of nitrogen functional groups attached to an aromatic ring is 2. The molecule has 0 aliphatic rings. The molecule has 1 aromatic heterocycles. The number of anilines is 2. The lowest BCUT2D eigenvalue weighted by Crippen LogP contribution is -1.99. The summed E-state index contributed by atoms with van der Waals surface area (Å²) in [6.45, 7) is 0.0698. The van der Waals surface area contributed by atoms with Crippen LogP contribution in [0.1, 0.15) is 17.5 Å². The Morgan fingerprint density at radius 3 is 2.57 bits per heavy atom. The number of aliphatic hydroxyl groups excluding tert-OH is 1. The van der Waals surface area contributed by atoms with E-state index in [-0.39, 0.29) is 6.61 Å². The normalized spacial score (nSPS) is 9.95. The third kappa shape index (κ3) is 4.67. The molecule has 5 N–H and O–H groups in total. The lowest BCUT2D eigenvalue weighted by atomic mass is 10.1. The summed E-state index contributed by atoms with van der Waals surface area (Å²) in [7, 11) is 0. The fraction of sp³-hybridized carbons (Fsp3) is 0.200. The zero-order valence-corrected chi connectivity index (χ0v) is 12.2. The molecule has 0 fully saturated rings. The van der Waals surface area contributed by atoms with Crippen LogP contribution in [-0.2, 0) is 5.75 Å². The highest BCUT2D eigenvalue weighted by molar-refractivity contribution is 7.98. The number of aliphatic hydroxyl groups is 1. The van der Waals surface area contributed by atoms with Crippen LogP contribution < -0.4 is 11.5 Å². The van der Waals surface area contributed by atoms with E-state index in [2.05, 4.69) is 21.8 Å². The molecule has 0 saturated heterocycles. The van der Waals surface area contributed by atoms with Gasteiger partial charge in [0, 0.05) is 23.8 Å². The highest BCUT2D eigenvalue weighted by Crippen LogP contribution is 2.22. The topological polar surface area (TPSA) is 98.1 Å². The minimum Gasteiger partial charge on any atom is -0.395 e. The standard InChI is InChI=1S/C15H16N4OS/c16-13-9-14(17)19-15(18-13)21-10-12-7-2-1-5-11(12)6-3-4-8-20/h1-2,5,7,9,20H,4,8,10H2,(H4,16,17,18,19). The Bertz CT molecular complexity index is 659. The van der Waals surface area contributed by atoms with Crippen LogP contribution in [0.4, 0.5) is 11.6 Å². The highest BCUT2D eigenvalue weighted by Gasteiger charge is 2.04.